The number of nitrogens with two attached hydrogens (primary N) is 2. The molecule has 12 heteroatoms. The number of nitrogens with zero attached hydrogens (tertiary/aromatic N) is 1. The fraction of sp³-hybridized carbons (Fsp3) is 0. The van der Waals surface area contributed by atoms with Gasteiger partial charge in [-0.05, 0) is 48.0 Å². The number of aromatic nitrogens is 2. The number of primary sulfonamides is 1. The Balaban J connectivity index is 0.00000306. The van der Waals surface area contributed by atoms with Gasteiger partial charge in [0.15, 0.2) is 0 Å². The van der Waals surface area contributed by atoms with Gasteiger partial charge in [0, 0.05) is 11.1 Å². The van der Waals surface area contributed by atoms with Gasteiger partial charge in [-0.3, -0.25) is 5.41 Å². The first kappa shape index (κ1) is 23.7. The summed E-state index contributed by atoms with van der Waals surface area (Å²) in [5.41, 5.74) is 7.35. The Bertz CT molecular complexity index is 1530. The van der Waals surface area contributed by atoms with E-state index in [0.29, 0.717) is 16.6 Å². The number of halogens is 1. The molecule has 33 heavy (non-hydrogen) atoms. The zero-order chi connectivity index (χ0) is 23.2. The number of fused-ring (bicyclic) bond motifs is 1. The zero-order valence-corrected chi connectivity index (χ0v) is 18.4. The quantitative estimate of drug-likeness (QED) is 0.183. The number of phenolic OH excluding ortho intramolecular Hbond substituents is 1. The largest absolute Gasteiger partial charge is 0.507 e. The van der Waals surface area contributed by atoms with Crippen molar-refractivity contribution in [3.63, 3.8) is 0 Å². The van der Waals surface area contributed by atoms with E-state index in [1.165, 1.54) is 36.4 Å². The highest BCUT2D eigenvalue weighted by Gasteiger charge is 2.20. The maximum Gasteiger partial charge on any atom is 0.335 e. The predicted octanol–water partition coefficient (Wildman–Crippen LogP) is 2.65. The summed E-state index contributed by atoms with van der Waals surface area (Å²) in [6.45, 7) is 0. The van der Waals surface area contributed by atoms with Crippen molar-refractivity contribution in [3.8, 4) is 28.3 Å². The molecule has 0 spiro atoms. The summed E-state index contributed by atoms with van der Waals surface area (Å²) >= 11 is 0. The number of hydrogen-bond donors (Lipinski definition) is 6. The molecule has 0 saturated heterocycles. The molecule has 0 bridgehead atoms. The van der Waals surface area contributed by atoms with Crippen LogP contribution in [-0.2, 0) is 10.0 Å². The Morgan fingerprint density at radius 2 is 1.73 bits per heavy atom. The molecule has 0 aliphatic rings. The SMILES string of the molecule is Cl.N=C(N)c1ccc2nc(-c3cc(C(=O)O)cc(-c4cccc(S(N)(=O)=O)c4)c3O)[nH]c2c1. The third kappa shape index (κ3) is 4.51. The summed E-state index contributed by atoms with van der Waals surface area (Å²) in [4.78, 5) is 18.9. The van der Waals surface area contributed by atoms with E-state index in [1.54, 1.807) is 18.2 Å². The van der Waals surface area contributed by atoms with Crippen molar-refractivity contribution in [2.75, 3.05) is 0 Å². The molecule has 8 N–H and O–H groups in total. The van der Waals surface area contributed by atoms with E-state index in [2.05, 4.69) is 9.97 Å². The van der Waals surface area contributed by atoms with Crippen molar-refractivity contribution in [2.24, 2.45) is 10.9 Å². The molecule has 4 rings (SSSR count). The maximum absolute atomic E-state index is 11.7. The number of nitrogens with one attached hydrogen (secondary N) is 2. The summed E-state index contributed by atoms with van der Waals surface area (Å²) in [5, 5.41) is 33.3. The lowest BCUT2D eigenvalue weighted by Gasteiger charge is -2.11. The van der Waals surface area contributed by atoms with Gasteiger partial charge < -0.3 is 20.9 Å². The van der Waals surface area contributed by atoms with Crippen LogP contribution in [0.5, 0.6) is 5.75 Å². The van der Waals surface area contributed by atoms with E-state index in [4.69, 9.17) is 16.3 Å². The Kier molecular flexibility index (Phi) is 6.14. The number of aromatic amines is 1. The molecule has 10 nitrogen and oxygen atoms in total. The van der Waals surface area contributed by atoms with Crippen LogP contribution in [0.15, 0.2) is 59.5 Å². The van der Waals surface area contributed by atoms with Crippen molar-refractivity contribution in [2.45, 2.75) is 4.90 Å². The number of rotatable bonds is 5. The number of hydrogen-bond acceptors (Lipinski definition) is 6. The van der Waals surface area contributed by atoms with Crippen LogP contribution < -0.4 is 10.9 Å². The van der Waals surface area contributed by atoms with Gasteiger partial charge in [0.2, 0.25) is 10.0 Å². The number of carbonyl (C=O) groups is 1. The number of aromatic carboxylic acids is 1. The fourth-order valence-corrected chi connectivity index (χ4v) is 3.86. The molecular weight excluding hydrogens is 470 g/mol. The summed E-state index contributed by atoms with van der Waals surface area (Å²) in [6.07, 6.45) is 0. The molecule has 0 radical (unpaired) electrons. The van der Waals surface area contributed by atoms with E-state index in [0.717, 1.165) is 0 Å². The van der Waals surface area contributed by atoms with Crippen molar-refractivity contribution in [1.29, 1.82) is 5.41 Å². The number of phenols is 1. The first-order chi connectivity index (χ1) is 15.0. The van der Waals surface area contributed by atoms with Gasteiger partial charge >= 0.3 is 5.97 Å². The second kappa shape index (κ2) is 8.54. The summed E-state index contributed by atoms with van der Waals surface area (Å²) in [5.74, 6) is -1.49. The number of sulfonamides is 1. The number of amidine groups is 1. The minimum atomic E-state index is -4.01. The van der Waals surface area contributed by atoms with Crippen LogP contribution in [0.4, 0.5) is 0 Å². The number of nitrogen functional groups attached to an aromatic ring is 1. The fourth-order valence-electron chi connectivity index (χ4n) is 3.30. The third-order valence-corrected chi connectivity index (χ3v) is 5.79. The van der Waals surface area contributed by atoms with Gasteiger partial charge in [0.1, 0.15) is 17.4 Å². The smallest absolute Gasteiger partial charge is 0.335 e. The van der Waals surface area contributed by atoms with Crippen molar-refractivity contribution < 1.29 is 23.4 Å². The van der Waals surface area contributed by atoms with Gasteiger partial charge in [0.05, 0.1) is 27.1 Å². The summed E-state index contributed by atoms with van der Waals surface area (Å²) in [6, 6.07) is 12.9. The van der Waals surface area contributed by atoms with Gasteiger partial charge in [-0.25, -0.2) is 23.3 Å². The van der Waals surface area contributed by atoms with Crippen molar-refractivity contribution >= 4 is 45.3 Å². The number of carboxylic acid groups (broad SMARTS) is 1. The topological polar surface area (TPSA) is 196 Å². The van der Waals surface area contributed by atoms with E-state index in [9.17, 15) is 23.4 Å². The van der Waals surface area contributed by atoms with Crippen LogP contribution in [-0.4, -0.2) is 40.4 Å². The number of imidazole rings is 1. The van der Waals surface area contributed by atoms with Crippen LogP contribution >= 0.6 is 12.4 Å². The molecule has 0 amide bonds. The Labute approximate surface area is 193 Å². The maximum atomic E-state index is 11.7. The average molecular weight is 488 g/mol. The first-order valence-electron chi connectivity index (χ1n) is 9.12. The highest BCUT2D eigenvalue weighted by Crippen LogP contribution is 2.39. The zero-order valence-electron chi connectivity index (χ0n) is 16.7. The standard InChI is InChI=1S/C21H17N5O5S.ClH/c22-19(23)11-4-5-16-17(9-11)26-20(25-16)15-8-12(21(28)29)7-14(18(15)27)10-2-1-3-13(6-10)32(24,30)31;/h1-9,27H,(H3,22,23)(H,25,26)(H,28,29)(H2,24,30,31);1H. The second-order valence-electron chi connectivity index (χ2n) is 7.03. The van der Waals surface area contributed by atoms with Crippen LogP contribution in [0.1, 0.15) is 15.9 Å². The highest BCUT2D eigenvalue weighted by atomic mass is 35.5. The summed E-state index contributed by atoms with van der Waals surface area (Å²) in [7, 11) is -4.01. The lowest BCUT2D eigenvalue weighted by Crippen LogP contribution is -2.12. The Morgan fingerprint density at radius 3 is 2.36 bits per heavy atom. The molecule has 0 saturated carbocycles. The predicted molar refractivity (Wildman–Crippen MR) is 125 cm³/mol. The Morgan fingerprint density at radius 1 is 1.03 bits per heavy atom. The molecule has 1 aromatic heterocycles. The lowest BCUT2D eigenvalue weighted by atomic mass is 9.97. The molecule has 0 aliphatic carbocycles. The second-order valence-corrected chi connectivity index (χ2v) is 8.59. The van der Waals surface area contributed by atoms with E-state index < -0.39 is 16.0 Å². The van der Waals surface area contributed by atoms with Gasteiger partial charge in [-0.2, -0.15) is 0 Å². The Hall–Kier alpha value is -3.93. The minimum Gasteiger partial charge on any atom is -0.507 e. The molecule has 3 aromatic carbocycles. The lowest BCUT2D eigenvalue weighted by molar-refractivity contribution is 0.0697. The van der Waals surface area contributed by atoms with E-state index in [-0.39, 0.29) is 57.0 Å². The van der Waals surface area contributed by atoms with Crippen molar-refractivity contribution in [3.05, 3.63) is 65.7 Å². The minimum absolute atomic E-state index is 0. The molecule has 170 valence electrons. The highest BCUT2D eigenvalue weighted by molar-refractivity contribution is 7.89. The van der Waals surface area contributed by atoms with Gasteiger partial charge in [-0.15, -0.1) is 12.4 Å². The van der Waals surface area contributed by atoms with Crippen LogP contribution in [0, 0.1) is 5.41 Å². The molecule has 1 heterocycles. The van der Waals surface area contributed by atoms with Crippen LogP contribution in [0.3, 0.4) is 0 Å². The molecule has 0 fully saturated rings. The number of aromatic hydroxyl groups is 1. The molecule has 0 aliphatic heterocycles. The third-order valence-electron chi connectivity index (χ3n) is 4.88. The van der Waals surface area contributed by atoms with E-state index in [1.807, 2.05) is 0 Å². The van der Waals surface area contributed by atoms with Gasteiger partial charge in [0.25, 0.3) is 0 Å². The molecule has 0 unspecified atom stereocenters. The number of benzene rings is 3. The number of H-pyrrole nitrogens is 1. The normalized spacial score (nSPS) is 11.2. The average Bonchev–Trinajstić information content (AvgIpc) is 3.16. The first-order valence-corrected chi connectivity index (χ1v) is 10.7. The summed E-state index contributed by atoms with van der Waals surface area (Å²) < 4.78 is 23.4. The van der Waals surface area contributed by atoms with Crippen molar-refractivity contribution in [1.82, 2.24) is 9.97 Å². The molecular formula is C21H18ClN5O5S. The molecule has 4 aromatic rings. The van der Waals surface area contributed by atoms with Gasteiger partial charge in [-0.1, -0.05) is 12.1 Å². The molecule has 0 atom stereocenters. The van der Waals surface area contributed by atoms with Crippen LogP contribution in [0.2, 0.25) is 0 Å². The monoisotopic (exact) mass is 487 g/mol. The van der Waals surface area contributed by atoms with E-state index >= 15 is 0 Å². The van der Waals surface area contributed by atoms with Crippen LogP contribution in [0.25, 0.3) is 33.5 Å². The number of carboxylic acids is 1.